The minimum absolute atomic E-state index is 0.221. The Bertz CT molecular complexity index is 703. The topological polar surface area (TPSA) is 82.7 Å². The summed E-state index contributed by atoms with van der Waals surface area (Å²) >= 11 is 0. The number of aromatic nitrogens is 2. The molecule has 0 radical (unpaired) electrons. The number of carbonyl (C=O) groups is 1. The number of nitrogens with zero attached hydrogens (tertiary/aromatic N) is 4. The molecule has 1 saturated heterocycles. The Kier molecular flexibility index (Phi) is 4.53. The molecule has 2 aromatic rings. The third kappa shape index (κ3) is 3.41. The maximum Gasteiger partial charge on any atom is 0.291 e. The summed E-state index contributed by atoms with van der Waals surface area (Å²) in [6, 6.07) is 5.72. The molecule has 3 heterocycles. The molecular formula is C17H22N4O3. The molecular weight excluding hydrogens is 308 g/mol. The van der Waals surface area contributed by atoms with Crippen molar-refractivity contribution < 1.29 is 14.3 Å². The van der Waals surface area contributed by atoms with Crippen molar-refractivity contribution in [1.82, 2.24) is 14.9 Å². The van der Waals surface area contributed by atoms with Crippen LogP contribution in [-0.4, -0.2) is 58.2 Å². The van der Waals surface area contributed by atoms with Gasteiger partial charge in [-0.3, -0.25) is 4.79 Å². The summed E-state index contributed by atoms with van der Waals surface area (Å²) in [5.74, 6) is 0.794. The van der Waals surface area contributed by atoms with Crippen molar-refractivity contribution in [3.63, 3.8) is 0 Å². The fourth-order valence-corrected chi connectivity index (χ4v) is 3.17. The number of pyridine rings is 1. The van der Waals surface area contributed by atoms with Crippen LogP contribution in [0.2, 0.25) is 0 Å². The second-order valence-electron chi connectivity index (χ2n) is 6.37. The number of β-amino-alcohol motifs (C(OH)–C–C–N with tert-alkyl or cyclic N) is 1. The Morgan fingerprint density at radius 1 is 1.46 bits per heavy atom. The number of anilines is 1. The van der Waals surface area contributed by atoms with Gasteiger partial charge in [0.2, 0.25) is 5.76 Å². The van der Waals surface area contributed by atoms with E-state index in [9.17, 15) is 9.90 Å². The van der Waals surface area contributed by atoms with Gasteiger partial charge in [-0.2, -0.15) is 0 Å². The smallest absolute Gasteiger partial charge is 0.291 e. The largest absolute Gasteiger partial charge is 0.438 e. The van der Waals surface area contributed by atoms with Gasteiger partial charge in [0.15, 0.2) is 6.39 Å². The average molecular weight is 330 g/mol. The maximum absolute atomic E-state index is 12.4. The van der Waals surface area contributed by atoms with Crippen LogP contribution in [0.25, 0.3) is 0 Å². The van der Waals surface area contributed by atoms with Crippen molar-refractivity contribution >= 4 is 11.7 Å². The number of aryl methyl sites for hydroxylation is 1. The summed E-state index contributed by atoms with van der Waals surface area (Å²) in [6.07, 6.45) is 4.49. The van der Waals surface area contributed by atoms with E-state index in [1.54, 1.807) is 20.2 Å². The van der Waals surface area contributed by atoms with Crippen LogP contribution in [0.4, 0.5) is 5.82 Å². The number of oxazole rings is 1. The average Bonchev–Trinajstić information content (AvgIpc) is 3.00. The first-order valence-electron chi connectivity index (χ1n) is 8.02. The molecule has 0 unspecified atom stereocenters. The molecule has 1 aliphatic rings. The Labute approximate surface area is 140 Å². The molecule has 24 heavy (non-hydrogen) atoms. The number of piperidine rings is 1. The quantitative estimate of drug-likeness (QED) is 0.914. The lowest BCUT2D eigenvalue weighted by Gasteiger charge is -2.41. The summed E-state index contributed by atoms with van der Waals surface area (Å²) in [7, 11) is 1.67. The molecule has 1 atom stereocenters. The zero-order chi connectivity index (χ0) is 17.2. The predicted molar refractivity (Wildman–Crippen MR) is 88.8 cm³/mol. The molecule has 1 N–H and O–H groups in total. The highest BCUT2D eigenvalue weighted by Crippen LogP contribution is 2.26. The SMILES string of the molecule is Cc1ncoc1C(=O)N(C)C[C@@]1(O)CCCN(c2ccccn2)C1. The van der Waals surface area contributed by atoms with Crippen LogP contribution in [0.15, 0.2) is 35.2 Å². The van der Waals surface area contributed by atoms with Gasteiger partial charge in [0.25, 0.3) is 5.91 Å². The minimum Gasteiger partial charge on any atom is -0.438 e. The van der Waals surface area contributed by atoms with Gasteiger partial charge in [-0.1, -0.05) is 6.07 Å². The molecule has 2 aromatic heterocycles. The van der Waals surface area contributed by atoms with Crippen LogP contribution in [0, 0.1) is 6.92 Å². The summed E-state index contributed by atoms with van der Waals surface area (Å²) in [6.45, 7) is 3.24. The highest BCUT2D eigenvalue weighted by atomic mass is 16.4. The Morgan fingerprint density at radius 2 is 2.29 bits per heavy atom. The standard InChI is InChI=1S/C17H22N4O3/c1-13-15(24-12-19-13)16(22)20(2)10-17(23)7-5-9-21(11-17)14-6-3-4-8-18-14/h3-4,6,8,12,23H,5,7,9-11H2,1-2H3/t17-/m0/s1. The lowest BCUT2D eigenvalue weighted by atomic mass is 9.92. The minimum atomic E-state index is -0.978. The van der Waals surface area contributed by atoms with Crippen LogP contribution < -0.4 is 4.90 Å². The molecule has 128 valence electrons. The van der Waals surface area contributed by atoms with Gasteiger partial charge in [0.1, 0.15) is 5.82 Å². The summed E-state index contributed by atoms with van der Waals surface area (Å²) in [4.78, 5) is 24.3. The van der Waals surface area contributed by atoms with Gasteiger partial charge < -0.3 is 19.3 Å². The summed E-state index contributed by atoms with van der Waals surface area (Å²) < 4.78 is 5.16. The molecule has 0 bridgehead atoms. The molecule has 7 heteroatoms. The van der Waals surface area contributed by atoms with E-state index in [1.807, 2.05) is 18.2 Å². The number of amides is 1. The van der Waals surface area contributed by atoms with E-state index in [1.165, 1.54) is 11.3 Å². The van der Waals surface area contributed by atoms with E-state index in [-0.39, 0.29) is 18.2 Å². The predicted octanol–water partition coefficient (Wildman–Crippen LogP) is 1.48. The molecule has 0 spiro atoms. The maximum atomic E-state index is 12.4. The van der Waals surface area contributed by atoms with Crippen molar-refractivity contribution in [1.29, 1.82) is 0 Å². The van der Waals surface area contributed by atoms with Crippen LogP contribution in [0.5, 0.6) is 0 Å². The highest BCUT2D eigenvalue weighted by molar-refractivity contribution is 5.92. The zero-order valence-electron chi connectivity index (χ0n) is 14.0. The number of rotatable bonds is 4. The van der Waals surface area contributed by atoms with E-state index in [2.05, 4.69) is 14.9 Å². The van der Waals surface area contributed by atoms with Crippen LogP contribution >= 0.6 is 0 Å². The Hall–Kier alpha value is -2.41. The first-order valence-corrected chi connectivity index (χ1v) is 8.02. The summed E-state index contributed by atoms with van der Waals surface area (Å²) in [5.41, 5.74) is -0.425. The van der Waals surface area contributed by atoms with Crippen LogP contribution in [0.1, 0.15) is 29.1 Å². The molecule has 1 amide bonds. The van der Waals surface area contributed by atoms with Crippen molar-refractivity contribution in [2.75, 3.05) is 31.6 Å². The number of aliphatic hydroxyl groups is 1. The normalized spacial score (nSPS) is 20.9. The van der Waals surface area contributed by atoms with Crippen LogP contribution in [-0.2, 0) is 0 Å². The molecule has 0 aromatic carbocycles. The van der Waals surface area contributed by atoms with Crippen LogP contribution in [0.3, 0.4) is 0 Å². The third-order valence-corrected chi connectivity index (χ3v) is 4.35. The van der Waals surface area contributed by atoms with Gasteiger partial charge >= 0.3 is 0 Å². The van der Waals surface area contributed by atoms with Gasteiger partial charge in [0.05, 0.1) is 17.8 Å². The summed E-state index contributed by atoms with van der Waals surface area (Å²) in [5, 5.41) is 11.0. The number of carbonyl (C=O) groups excluding carboxylic acids is 1. The van der Waals surface area contributed by atoms with Crippen molar-refractivity contribution in [3.8, 4) is 0 Å². The van der Waals surface area contributed by atoms with Crippen molar-refractivity contribution in [2.45, 2.75) is 25.4 Å². The zero-order valence-corrected chi connectivity index (χ0v) is 14.0. The molecule has 1 aliphatic heterocycles. The molecule has 3 rings (SSSR count). The van der Waals surface area contributed by atoms with Crippen molar-refractivity contribution in [2.24, 2.45) is 0 Å². The lowest BCUT2D eigenvalue weighted by Crippen LogP contribution is -2.54. The Morgan fingerprint density at radius 3 is 2.96 bits per heavy atom. The molecule has 0 aliphatic carbocycles. The van der Waals surface area contributed by atoms with E-state index < -0.39 is 5.60 Å². The van der Waals surface area contributed by atoms with E-state index in [0.717, 1.165) is 18.8 Å². The monoisotopic (exact) mass is 330 g/mol. The number of hydrogen-bond acceptors (Lipinski definition) is 6. The first kappa shape index (κ1) is 16.4. The molecule has 1 fully saturated rings. The third-order valence-electron chi connectivity index (χ3n) is 4.35. The fraction of sp³-hybridized carbons (Fsp3) is 0.471. The van der Waals surface area contributed by atoms with E-state index in [4.69, 9.17) is 4.42 Å². The second-order valence-corrected chi connectivity index (χ2v) is 6.37. The van der Waals surface area contributed by atoms with Gasteiger partial charge in [-0.15, -0.1) is 0 Å². The fourth-order valence-electron chi connectivity index (χ4n) is 3.17. The first-order chi connectivity index (χ1) is 11.5. The molecule has 0 saturated carbocycles. The lowest BCUT2D eigenvalue weighted by molar-refractivity contribution is -0.000895. The Balaban J connectivity index is 1.69. The number of likely N-dealkylation sites (N-methyl/N-ethyl adjacent to an activating group) is 1. The van der Waals surface area contributed by atoms with Crippen molar-refractivity contribution in [3.05, 3.63) is 42.2 Å². The number of hydrogen-bond donors (Lipinski definition) is 1. The van der Waals surface area contributed by atoms with E-state index >= 15 is 0 Å². The van der Waals surface area contributed by atoms with Gasteiger partial charge in [-0.05, 0) is 31.9 Å². The second kappa shape index (κ2) is 6.60. The highest BCUT2D eigenvalue weighted by Gasteiger charge is 2.36. The van der Waals surface area contributed by atoms with Gasteiger partial charge in [0, 0.05) is 26.3 Å². The van der Waals surface area contributed by atoms with Gasteiger partial charge in [-0.25, -0.2) is 9.97 Å². The van der Waals surface area contributed by atoms with E-state index in [0.29, 0.717) is 18.7 Å². The molecule has 7 nitrogen and oxygen atoms in total.